The molecule has 0 saturated heterocycles. The maximum Gasteiger partial charge on any atom is 0.250 e. The summed E-state index contributed by atoms with van der Waals surface area (Å²) in [5, 5.41) is 10.9. The van der Waals surface area contributed by atoms with Gasteiger partial charge in [-0.3, -0.25) is 15.1 Å². The predicted molar refractivity (Wildman–Crippen MR) is 61.7 cm³/mol. The van der Waals surface area contributed by atoms with E-state index in [4.69, 9.17) is 0 Å². The van der Waals surface area contributed by atoms with E-state index in [2.05, 4.69) is 25.8 Å². The average molecular weight is 218 g/mol. The van der Waals surface area contributed by atoms with Gasteiger partial charge in [0.05, 0.1) is 6.04 Å². The highest BCUT2D eigenvalue weighted by Crippen LogP contribution is 2.22. The summed E-state index contributed by atoms with van der Waals surface area (Å²) < 4.78 is 0. The van der Waals surface area contributed by atoms with Crippen LogP contribution in [-0.4, -0.2) is 28.8 Å². The molecule has 0 N–H and O–H groups in total. The first-order valence-corrected chi connectivity index (χ1v) is 5.72. The smallest absolute Gasteiger partial charge is 0.250 e. The lowest BCUT2D eigenvalue weighted by Crippen LogP contribution is -2.23. The molecule has 0 saturated carbocycles. The van der Waals surface area contributed by atoms with Crippen molar-refractivity contribution in [3.63, 3.8) is 0 Å². The van der Waals surface area contributed by atoms with Crippen LogP contribution in [0.3, 0.4) is 0 Å². The van der Waals surface area contributed by atoms with Crippen LogP contribution in [-0.2, 0) is 0 Å². The molecule has 0 radical (unpaired) electrons. The van der Waals surface area contributed by atoms with Gasteiger partial charge in [0.15, 0.2) is 0 Å². The molecule has 0 heterocycles. The van der Waals surface area contributed by atoms with Gasteiger partial charge in [-0.25, -0.2) is 0 Å². The van der Waals surface area contributed by atoms with Crippen LogP contribution in [0.25, 0.3) is 0 Å². The van der Waals surface area contributed by atoms with Crippen molar-refractivity contribution in [1.29, 1.82) is 0 Å². The van der Waals surface area contributed by atoms with Gasteiger partial charge in [-0.05, 0) is 18.6 Å². The molecule has 0 aromatic rings. The van der Waals surface area contributed by atoms with Crippen LogP contribution in [0.4, 0.5) is 0 Å². The Bertz CT molecular complexity index is 233. The minimum absolute atomic E-state index is 0.0532. The number of nitrogens with zero attached hydrogens (tertiary/aromatic N) is 2. The largest absolute Gasteiger partial charge is 0.273 e. The van der Waals surface area contributed by atoms with Gasteiger partial charge < -0.3 is 0 Å². The topological polar surface area (TPSA) is 55.5 Å². The monoisotopic (exact) mass is 218 g/mol. The lowest BCUT2D eigenvalue weighted by Gasteiger charge is -2.23. The summed E-state index contributed by atoms with van der Waals surface area (Å²) in [5.41, 5.74) is 0.0532. The Balaban J connectivity index is 4.51. The summed E-state index contributed by atoms with van der Waals surface area (Å²) >= 11 is 1.35. The second-order valence-corrected chi connectivity index (χ2v) is 5.14. The van der Waals surface area contributed by atoms with E-state index in [9.17, 15) is 10.1 Å². The second-order valence-electron chi connectivity index (χ2n) is 4.26. The molecule has 0 amide bonds. The minimum atomic E-state index is -0.343. The van der Waals surface area contributed by atoms with E-state index in [1.54, 1.807) is 0 Å². The van der Waals surface area contributed by atoms with E-state index in [1.807, 2.05) is 13.2 Å². The Morgan fingerprint density at radius 2 is 2.07 bits per heavy atom. The molecule has 0 spiro atoms. The molecule has 1 unspecified atom stereocenters. The van der Waals surface area contributed by atoms with E-state index in [1.165, 1.54) is 11.8 Å². The van der Waals surface area contributed by atoms with Crippen LogP contribution in [0.15, 0.2) is 4.99 Å². The molecule has 0 aliphatic rings. The Kier molecular flexibility index (Phi) is 5.12. The van der Waals surface area contributed by atoms with Gasteiger partial charge >= 0.3 is 0 Å². The number of nitro groups is 1. The van der Waals surface area contributed by atoms with Crippen molar-refractivity contribution in [2.24, 2.45) is 10.4 Å². The van der Waals surface area contributed by atoms with Gasteiger partial charge in [-0.1, -0.05) is 20.8 Å². The molecule has 0 aromatic heterocycles. The maximum atomic E-state index is 10.3. The number of hydrogen-bond donors (Lipinski definition) is 0. The van der Waals surface area contributed by atoms with Crippen molar-refractivity contribution in [3.8, 4) is 0 Å². The average Bonchev–Trinajstić information content (AvgIpc) is 2.00. The summed E-state index contributed by atoms with van der Waals surface area (Å²) in [7, 11) is 0. The molecule has 1 atom stereocenters. The molecular weight excluding hydrogens is 200 g/mol. The highest BCUT2D eigenvalue weighted by molar-refractivity contribution is 8.13. The molecule has 4 nitrogen and oxygen atoms in total. The van der Waals surface area contributed by atoms with Crippen molar-refractivity contribution in [2.75, 3.05) is 12.8 Å². The van der Waals surface area contributed by atoms with Crippen LogP contribution in [0, 0.1) is 15.5 Å². The van der Waals surface area contributed by atoms with Crippen LogP contribution < -0.4 is 0 Å². The summed E-state index contributed by atoms with van der Waals surface area (Å²) in [6, 6.07) is 0.102. The Morgan fingerprint density at radius 3 is 2.36 bits per heavy atom. The first-order valence-electron chi connectivity index (χ1n) is 4.50. The number of hydrogen-bond acceptors (Lipinski definition) is 4. The normalized spacial score (nSPS) is 15.4. The fourth-order valence-electron chi connectivity index (χ4n) is 0.678. The first kappa shape index (κ1) is 13.4. The summed E-state index contributed by atoms with van der Waals surface area (Å²) in [6.07, 6.45) is 1.82. The van der Waals surface area contributed by atoms with Gasteiger partial charge in [0.25, 0.3) is 6.54 Å². The van der Waals surface area contributed by atoms with E-state index in [-0.39, 0.29) is 22.9 Å². The molecular formula is C9H18N2O2S. The van der Waals surface area contributed by atoms with Gasteiger partial charge in [-0.2, -0.15) is 0 Å². The molecule has 0 bridgehead atoms. The Hall–Kier alpha value is -0.580. The Labute approximate surface area is 89.3 Å². The van der Waals surface area contributed by atoms with Crippen molar-refractivity contribution >= 4 is 16.8 Å². The van der Waals surface area contributed by atoms with Crippen molar-refractivity contribution in [3.05, 3.63) is 10.1 Å². The zero-order valence-electron chi connectivity index (χ0n) is 9.40. The van der Waals surface area contributed by atoms with Crippen molar-refractivity contribution < 1.29 is 4.92 Å². The first-order chi connectivity index (χ1) is 6.27. The zero-order chi connectivity index (χ0) is 11.4. The summed E-state index contributed by atoms with van der Waals surface area (Å²) in [5.74, 6) is 0. The third kappa shape index (κ3) is 5.21. The quantitative estimate of drug-likeness (QED) is 0.316. The summed E-state index contributed by atoms with van der Waals surface area (Å²) in [6.45, 7) is 8.04. The molecule has 0 aliphatic heterocycles. The second kappa shape index (κ2) is 5.34. The lowest BCUT2D eigenvalue weighted by molar-refractivity contribution is -0.462. The predicted octanol–water partition coefficient (Wildman–Crippen LogP) is 2.46. The molecule has 0 aromatic carbocycles. The highest BCUT2D eigenvalue weighted by Gasteiger charge is 2.20. The molecule has 0 aliphatic carbocycles. The fraction of sp³-hybridized carbons (Fsp3) is 0.889. The van der Waals surface area contributed by atoms with E-state index in [0.717, 1.165) is 0 Å². The Morgan fingerprint density at radius 1 is 1.57 bits per heavy atom. The third-order valence-electron chi connectivity index (χ3n) is 2.09. The third-order valence-corrected chi connectivity index (χ3v) is 2.80. The standard InChI is InChI=1S/C9H18N2O2S/c1-7(9(2,3)4)10-8(14-5)6-11(12)13/h7H,6H2,1-5H3. The number of thioether (sulfide) groups is 1. The number of rotatable bonds is 3. The van der Waals surface area contributed by atoms with Gasteiger partial charge in [0, 0.05) is 4.92 Å². The molecule has 82 valence electrons. The van der Waals surface area contributed by atoms with Crippen LogP contribution in [0.5, 0.6) is 0 Å². The zero-order valence-corrected chi connectivity index (χ0v) is 10.2. The van der Waals surface area contributed by atoms with E-state index < -0.39 is 0 Å². The summed E-state index contributed by atoms with van der Waals surface area (Å²) in [4.78, 5) is 14.3. The fourth-order valence-corrected chi connectivity index (χ4v) is 1.18. The maximum absolute atomic E-state index is 10.3. The number of aliphatic imine (C=N–C) groups is 1. The van der Waals surface area contributed by atoms with Crippen LogP contribution >= 0.6 is 11.8 Å². The minimum Gasteiger partial charge on any atom is -0.273 e. The lowest BCUT2D eigenvalue weighted by atomic mass is 9.88. The van der Waals surface area contributed by atoms with Crippen LogP contribution in [0.2, 0.25) is 0 Å². The molecule has 0 rings (SSSR count). The van der Waals surface area contributed by atoms with Crippen molar-refractivity contribution in [2.45, 2.75) is 33.7 Å². The molecule has 0 fully saturated rings. The van der Waals surface area contributed by atoms with E-state index in [0.29, 0.717) is 5.04 Å². The van der Waals surface area contributed by atoms with E-state index >= 15 is 0 Å². The van der Waals surface area contributed by atoms with Gasteiger partial charge in [-0.15, -0.1) is 11.8 Å². The van der Waals surface area contributed by atoms with Crippen LogP contribution in [0.1, 0.15) is 27.7 Å². The van der Waals surface area contributed by atoms with Gasteiger partial charge in [0.1, 0.15) is 5.04 Å². The van der Waals surface area contributed by atoms with Crippen molar-refractivity contribution in [1.82, 2.24) is 0 Å². The van der Waals surface area contributed by atoms with Gasteiger partial charge in [0.2, 0.25) is 0 Å². The molecule has 5 heteroatoms. The molecule has 14 heavy (non-hydrogen) atoms. The SMILES string of the molecule is CSC(C[N+](=O)[O-])=NC(C)C(C)(C)C. The highest BCUT2D eigenvalue weighted by atomic mass is 32.2.